The number of methoxy groups -OCH3 is 1. The first-order valence-corrected chi connectivity index (χ1v) is 13.5. The second-order valence-electron chi connectivity index (χ2n) is 10.1. The Hall–Kier alpha value is -4.07. The fraction of sp³-hybridized carbons (Fsp3) is 0.367. The first-order valence-electron chi connectivity index (χ1n) is 13.5. The zero-order valence-corrected chi connectivity index (χ0v) is 22.5. The molecule has 2 saturated heterocycles. The summed E-state index contributed by atoms with van der Waals surface area (Å²) in [6.45, 7) is 5.69. The lowest BCUT2D eigenvalue weighted by molar-refractivity contribution is 0.144. The minimum Gasteiger partial charge on any atom is -0.383 e. The largest absolute Gasteiger partial charge is 0.383 e. The molecule has 0 amide bonds. The van der Waals surface area contributed by atoms with Crippen LogP contribution in [0.3, 0.4) is 0 Å². The SMILES string of the molecule is COCCN1CCN(c2cc(-c3cnc(/C=C\C(=N)N4CCCC4c4cc(F)ccc4F)[nH]3)ccc2C#N)CC1. The number of likely N-dealkylation sites (tertiary alicyclic amines) is 1. The van der Waals surface area contributed by atoms with Crippen LogP contribution in [-0.4, -0.2) is 78.6 Å². The van der Waals surface area contributed by atoms with Crippen molar-refractivity contribution < 1.29 is 13.5 Å². The molecule has 2 N–H and O–H groups in total. The van der Waals surface area contributed by atoms with Crippen molar-refractivity contribution in [1.29, 1.82) is 10.7 Å². The highest BCUT2D eigenvalue weighted by molar-refractivity contribution is 5.94. The van der Waals surface area contributed by atoms with E-state index in [9.17, 15) is 14.0 Å². The number of aromatic nitrogens is 2. The van der Waals surface area contributed by atoms with Gasteiger partial charge in [-0.3, -0.25) is 10.3 Å². The monoisotopic (exact) mass is 545 g/mol. The van der Waals surface area contributed by atoms with Gasteiger partial charge in [-0.15, -0.1) is 0 Å². The van der Waals surface area contributed by atoms with Gasteiger partial charge in [0.05, 0.1) is 35.8 Å². The summed E-state index contributed by atoms with van der Waals surface area (Å²) in [6, 6.07) is 11.2. The van der Waals surface area contributed by atoms with E-state index in [1.165, 1.54) is 6.07 Å². The molecule has 5 rings (SSSR count). The molecule has 10 heteroatoms. The Morgan fingerprint density at radius 2 is 2.00 bits per heavy atom. The minimum absolute atomic E-state index is 0.217. The van der Waals surface area contributed by atoms with Crippen LogP contribution in [0.1, 0.15) is 35.8 Å². The van der Waals surface area contributed by atoms with Gasteiger partial charge in [-0.2, -0.15) is 5.26 Å². The van der Waals surface area contributed by atoms with Gasteiger partial charge in [-0.25, -0.2) is 13.8 Å². The summed E-state index contributed by atoms with van der Waals surface area (Å²) < 4.78 is 33.4. The van der Waals surface area contributed by atoms with Gasteiger partial charge < -0.3 is 19.5 Å². The molecule has 0 saturated carbocycles. The Morgan fingerprint density at radius 3 is 2.77 bits per heavy atom. The third-order valence-electron chi connectivity index (χ3n) is 7.63. The smallest absolute Gasteiger partial charge is 0.130 e. The quantitative estimate of drug-likeness (QED) is 0.311. The van der Waals surface area contributed by atoms with E-state index in [0.29, 0.717) is 31.0 Å². The summed E-state index contributed by atoms with van der Waals surface area (Å²) in [7, 11) is 1.71. The molecule has 2 fully saturated rings. The van der Waals surface area contributed by atoms with Crippen LogP contribution in [0.2, 0.25) is 0 Å². The van der Waals surface area contributed by atoms with Crippen LogP contribution >= 0.6 is 0 Å². The van der Waals surface area contributed by atoms with Crippen LogP contribution in [0.4, 0.5) is 14.5 Å². The molecule has 2 aliphatic heterocycles. The summed E-state index contributed by atoms with van der Waals surface area (Å²) in [4.78, 5) is 14.1. The van der Waals surface area contributed by atoms with Gasteiger partial charge in [0.1, 0.15) is 29.4 Å². The molecule has 40 heavy (non-hydrogen) atoms. The van der Waals surface area contributed by atoms with Crippen molar-refractivity contribution in [2.24, 2.45) is 0 Å². The number of nitrogens with zero attached hydrogens (tertiary/aromatic N) is 5. The molecule has 8 nitrogen and oxygen atoms in total. The van der Waals surface area contributed by atoms with Gasteiger partial charge >= 0.3 is 0 Å². The maximum absolute atomic E-state index is 14.4. The normalized spacial score (nSPS) is 18.0. The van der Waals surface area contributed by atoms with Crippen LogP contribution in [0, 0.1) is 28.4 Å². The molecule has 0 radical (unpaired) electrons. The molecule has 208 valence electrons. The molecular weight excluding hydrogens is 512 g/mol. The molecule has 0 aliphatic carbocycles. The van der Waals surface area contributed by atoms with Gasteiger partial charge in [0.15, 0.2) is 0 Å². The maximum Gasteiger partial charge on any atom is 0.130 e. The number of amidine groups is 1. The van der Waals surface area contributed by atoms with Crippen LogP contribution in [-0.2, 0) is 4.74 Å². The number of nitriles is 1. The van der Waals surface area contributed by atoms with Gasteiger partial charge in [0.25, 0.3) is 0 Å². The van der Waals surface area contributed by atoms with Gasteiger partial charge in [-0.05, 0) is 55.3 Å². The number of H-pyrrole nitrogens is 1. The van der Waals surface area contributed by atoms with E-state index in [0.717, 1.165) is 68.2 Å². The van der Waals surface area contributed by atoms with Gasteiger partial charge in [-0.1, -0.05) is 6.07 Å². The van der Waals surface area contributed by atoms with Crippen molar-refractivity contribution in [2.75, 3.05) is 57.9 Å². The lowest BCUT2D eigenvalue weighted by Gasteiger charge is -2.36. The fourth-order valence-corrected chi connectivity index (χ4v) is 5.46. The third-order valence-corrected chi connectivity index (χ3v) is 7.63. The second kappa shape index (κ2) is 12.4. The molecular formula is C30H33F2N7O. The summed E-state index contributed by atoms with van der Waals surface area (Å²) in [5.41, 5.74) is 3.54. The average molecular weight is 546 g/mol. The third kappa shape index (κ3) is 6.06. The number of piperazine rings is 1. The Balaban J connectivity index is 1.28. The number of ether oxygens (including phenoxy) is 1. The van der Waals surface area contributed by atoms with Crippen molar-refractivity contribution in [1.82, 2.24) is 19.8 Å². The molecule has 0 bridgehead atoms. The van der Waals surface area contributed by atoms with Crippen molar-refractivity contribution >= 4 is 17.6 Å². The highest BCUT2D eigenvalue weighted by atomic mass is 19.1. The second-order valence-corrected chi connectivity index (χ2v) is 10.1. The fourth-order valence-electron chi connectivity index (χ4n) is 5.46. The van der Waals surface area contributed by atoms with Gasteiger partial charge in [0.2, 0.25) is 0 Å². The molecule has 3 heterocycles. The number of imidazole rings is 1. The predicted molar refractivity (Wildman–Crippen MR) is 151 cm³/mol. The number of anilines is 1. The Morgan fingerprint density at radius 1 is 1.18 bits per heavy atom. The standard InChI is InChI=1S/C30H33F2N7O/c1-40-16-15-37-11-13-38(14-12-37)28-17-21(4-5-22(28)19-33)26-20-35-30(36-26)9-8-29(34)39-10-2-3-27(39)24-18-23(31)6-7-25(24)32/h4-9,17-18,20,27,34H,2-3,10-16H2,1H3,(H,35,36)/b9-8-,34-29?. The van der Waals surface area contributed by atoms with Crippen LogP contribution in [0.25, 0.3) is 17.3 Å². The van der Waals surface area contributed by atoms with E-state index in [4.69, 9.17) is 10.1 Å². The Labute approximate surface area is 233 Å². The molecule has 0 spiro atoms. The number of hydrogen-bond donors (Lipinski definition) is 2. The van der Waals surface area contributed by atoms with Crippen LogP contribution in [0.15, 0.2) is 48.7 Å². The molecule has 1 aromatic heterocycles. The highest BCUT2D eigenvalue weighted by Gasteiger charge is 2.29. The summed E-state index contributed by atoms with van der Waals surface area (Å²) in [6.07, 6.45) is 6.53. The first kappa shape index (κ1) is 27.5. The lowest BCUT2D eigenvalue weighted by Crippen LogP contribution is -2.47. The maximum atomic E-state index is 14.4. The molecule has 2 aliphatic rings. The lowest BCUT2D eigenvalue weighted by atomic mass is 10.0. The summed E-state index contributed by atoms with van der Waals surface area (Å²) in [5, 5.41) is 18.3. The number of rotatable bonds is 8. The number of benzene rings is 2. The van der Waals surface area contributed by atoms with Crippen LogP contribution < -0.4 is 4.90 Å². The zero-order valence-electron chi connectivity index (χ0n) is 22.5. The molecule has 2 aromatic carbocycles. The zero-order chi connectivity index (χ0) is 28.1. The summed E-state index contributed by atoms with van der Waals surface area (Å²) >= 11 is 0. The van der Waals surface area contributed by atoms with E-state index in [1.54, 1.807) is 30.4 Å². The Kier molecular flexibility index (Phi) is 8.53. The number of hydrogen-bond acceptors (Lipinski definition) is 6. The van der Waals surface area contributed by atoms with Crippen molar-refractivity contribution in [3.05, 3.63) is 77.3 Å². The molecule has 1 atom stereocenters. The van der Waals surface area contributed by atoms with E-state index in [-0.39, 0.29) is 17.4 Å². The van der Waals surface area contributed by atoms with E-state index >= 15 is 0 Å². The van der Waals surface area contributed by atoms with Crippen LogP contribution in [0.5, 0.6) is 0 Å². The Bertz CT molecular complexity index is 1420. The van der Waals surface area contributed by atoms with Crippen molar-refractivity contribution in [3.63, 3.8) is 0 Å². The van der Waals surface area contributed by atoms with Crippen molar-refractivity contribution in [3.8, 4) is 17.3 Å². The number of halogens is 2. The van der Waals surface area contributed by atoms with E-state index < -0.39 is 11.6 Å². The van der Waals surface area contributed by atoms with E-state index in [1.807, 2.05) is 18.2 Å². The number of nitrogens with one attached hydrogen (secondary N) is 2. The van der Waals surface area contributed by atoms with Crippen molar-refractivity contribution in [2.45, 2.75) is 18.9 Å². The summed E-state index contributed by atoms with van der Waals surface area (Å²) in [5.74, 6) is -0.149. The molecule has 3 aromatic rings. The minimum atomic E-state index is -0.483. The highest BCUT2D eigenvalue weighted by Crippen LogP contribution is 2.34. The van der Waals surface area contributed by atoms with E-state index in [2.05, 4.69) is 25.8 Å². The average Bonchev–Trinajstić information content (AvgIpc) is 3.66. The van der Waals surface area contributed by atoms with Gasteiger partial charge in [0, 0.05) is 57.5 Å². The predicted octanol–water partition coefficient (Wildman–Crippen LogP) is 4.82. The first-order chi connectivity index (χ1) is 19.5. The molecule has 1 unspecified atom stereocenters. The number of aromatic amines is 1. The topological polar surface area (TPSA) is 95.3 Å².